The van der Waals surface area contributed by atoms with E-state index in [1.165, 1.54) is 27.4 Å². The summed E-state index contributed by atoms with van der Waals surface area (Å²) in [5, 5.41) is 10.5. The number of fused-ring (bicyclic) bond motifs is 2. The van der Waals surface area contributed by atoms with Gasteiger partial charge >= 0.3 is 0 Å². The molecular formula is C16H14O6. The van der Waals surface area contributed by atoms with Crippen molar-refractivity contribution in [2.75, 3.05) is 21.3 Å². The number of phenols is 1. The predicted molar refractivity (Wildman–Crippen MR) is 81.3 cm³/mol. The minimum absolute atomic E-state index is 0.0402. The van der Waals surface area contributed by atoms with Crippen molar-refractivity contribution < 1.29 is 23.7 Å². The normalized spacial score (nSPS) is 10.9. The number of methoxy groups -OCH3 is 3. The molecule has 114 valence electrons. The van der Waals surface area contributed by atoms with Crippen molar-refractivity contribution in [1.29, 1.82) is 0 Å². The maximum absolute atomic E-state index is 12.7. The van der Waals surface area contributed by atoms with Crippen molar-refractivity contribution >= 4 is 21.9 Å². The number of aromatic hydroxyl groups is 1. The van der Waals surface area contributed by atoms with Gasteiger partial charge in [-0.3, -0.25) is 4.79 Å². The highest BCUT2D eigenvalue weighted by Crippen LogP contribution is 2.41. The van der Waals surface area contributed by atoms with Crippen LogP contribution in [0.25, 0.3) is 21.9 Å². The summed E-state index contributed by atoms with van der Waals surface area (Å²) in [5.74, 6) is 0.692. The average Bonchev–Trinajstić information content (AvgIpc) is 2.53. The molecule has 0 atom stereocenters. The van der Waals surface area contributed by atoms with Crippen LogP contribution in [0.1, 0.15) is 0 Å². The third-order valence-electron chi connectivity index (χ3n) is 3.48. The van der Waals surface area contributed by atoms with Crippen molar-refractivity contribution in [2.24, 2.45) is 0 Å². The SMILES string of the molecule is COc1cc(O)c2c(=O)c3cccc(OC)c3oc2c1OC. The van der Waals surface area contributed by atoms with Crippen LogP contribution < -0.4 is 19.6 Å². The van der Waals surface area contributed by atoms with Crippen molar-refractivity contribution in [3.05, 3.63) is 34.5 Å². The Bertz CT molecular complexity index is 925. The zero-order chi connectivity index (χ0) is 15.9. The molecule has 1 heterocycles. The van der Waals surface area contributed by atoms with E-state index in [1.807, 2.05) is 0 Å². The van der Waals surface area contributed by atoms with Gasteiger partial charge in [-0.05, 0) is 12.1 Å². The summed E-state index contributed by atoms with van der Waals surface area (Å²) in [6.45, 7) is 0. The summed E-state index contributed by atoms with van der Waals surface area (Å²) >= 11 is 0. The quantitative estimate of drug-likeness (QED) is 0.749. The van der Waals surface area contributed by atoms with Crippen LogP contribution in [-0.2, 0) is 0 Å². The van der Waals surface area contributed by atoms with Crippen LogP contribution >= 0.6 is 0 Å². The molecule has 0 aliphatic carbocycles. The molecule has 0 unspecified atom stereocenters. The second-order valence-corrected chi connectivity index (χ2v) is 4.60. The minimum atomic E-state index is -0.367. The van der Waals surface area contributed by atoms with Gasteiger partial charge in [0.05, 0.1) is 26.7 Å². The summed E-state index contributed by atoms with van der Waals surface area (Å²) in [6.07, 6.45) is 0. The molecule has 0 radical (unpaired) electrons. The van der Waals surface area contributed by atoms with Crippen LogP contribution in [0.5, 0.6) is 23.0 Å². The first-order chi connectivity index (χ1) is 10.6. The van der Waals surface area contributed by atoms with E-state index < -0.39 is 0 Å². The maximum Gasteiger partial charge on any atom is 0.205 e. The molecule has 6 nitrogen and oxygen atoms in total. The number of hydrogen-bond acceptors (Lipinski definition) is 6. The van der Waals surface area contributed by atoms with Crippen LogP contribution in [0.2, 0.25) is 0 Å². The van der Waals surface area contributed by atoms with Gasteiger partial charge in [0.1, 0.15) is 11.1 Å². The Morgan fingerprint density at radius 3 is 2.36 bits per heavy atom. The van der Waals surface area contributed by atoms with Crippen LogP contribution in [0.15, 0.2) is 33.5 Å². The lowest BCUT2D eigenvalue weighted by Gasteiger charge is -2.12. The smallest absolute Gasteiger partial charge is 0.205 e. The van der Waals surface area contributed by atoms with Crippen LogP contribution in [0.4, 0.5) is 0 Å². The van der Waals surface area contributed by atoms with E-state index in [0.717, 1.165) is 0 Å². The lowest BCUT2D eigenvalue weighted by atomic mass is 10.1. The highest BCUT2D eigenvalue weighted by Gasteiger charge is 2.21. The van der Waals surface area contributed by atoms with E-state index >= 15 is 0 Å². The first-order valence-corrected chi connectivity index (χ1v) is 6.49. The van der Waals surface area contributed by atoms with Gasteiger partial charge in [0, 0.05) is 6.07 Å². The molecule has 3 aromatic rings. The Hall–Kier alpha value is -2.89. The molecule has 0 aliphatic heterocycles. The van der Waals surface area contributed by atoms with E-state index in [-0.39, 0.29) is 39.2 Å². The molecule has 1 N–H and O–H groups in total. The molecule has 2 aromatic carbocycles. The second-order valence-electron chi connectivity index (χ2n) is 4.60. The van der Waals surface area contributed by atoms with Gasteiger partial charge in [0.25, 0.3) is 0 Å². The summed E-state index contributed by atoms with van der Waals surface area (Å²) < 4.78 is 21.5. The Morgan fingerprint density at radius 2 is 1.73 bits per heavy atom. The van der Waals surface area contributed by atoms with Crippen LogP contribution in [-0.4, -0.2) is 26.4 Å². The maximum atomic E-state index is 12.7. The van der Waals surface area contributed by atoms with Crippen LogP contribution in [0, 0.1) is 0 Å². The van der Waals surface area contributed by atoms with Gasteiger partial charge in [0.15, 0.2) is 22.7 Å². The Kier molecular flexibility index (Phi) is 3.29. The first kappa shape index (κ1) is 14.1. The number of ether oxygens (including phenoxy) is 3. The zero-order valence-electron chi connectivity index (χ0n) is 12.3. The molecule has 0 aliphatic rings. The lowest BCUT2D eigenvalue weighted by Crippen LogP contribution is -2.05. The van der Waals surface area contributed by atoms with E-state index in [4.69, 9.17) is 18.6 Å². The molecule has 3 rings (SSSR count). The number of phenolic OH excluding ortho intramolecular Hbond substituents is 1. The first-order valence-electron chi connectivity index (χ1n) is 6.49. The van der Waals surface area contributed by atoms with E-state index in [2.05, 4.69) is 0 Å². The van der Waals surface area contributed by atoms with Gasteiger partial charge in [-0.15, -0.1) is 0 Å². The standard InChI is InChI=1S/C16H14O6/c1-19-10-6-4-5-8-13(18)12-9(17)7-11(20-2)15(21-3)16(12)22-14(8)10/h4-7,17H,1-3H3. The summed E-state index contributed by atoms with van der Waals surface area (Å²) in [4.78, 5) is 12.7. The van der Waals surface area contributed by atoms with Gasteiger partial charge < -0.3 is 23.7 Å². The number of rotatable bonds is 3. The topological polar surface area (TPSA) is 78.1 Å². The van der Waals surface area contributed by atoms with Crippen molar-refractivity contribution in [2.45, 2.75) is 0 Å². The van der Waals surface area contributed by atoms with E-state index in [1.54, 1.807) is 18.2 Å². The highest BCUT2D eigenvalue weighted by atomic mass is 16.5. The Labute approximate surface area is 125 Å². The fourth-order valence-electron chi connectivity index (χ4n) is 2.46. The number of hydrogen-bond donors (Lipinski definition) is 1. The molecule has 0 spiro atoms. The summed E-state index contributed by atoms with van der Waals surface area (Å²) in [6, 6.07) is 6.30. The molecule has 1 aromatic heterocycles. The summed E-state index contributed by atoms with van der Waals surface area (Å²) in [5.41, 5.74) is 0.0309. The fourth-order valence-corrected chi connectivity index (χ4v) is 2.46. The molecule has 22 heavy (non-hydrogen) atoms. The second kappa shape index (κ2) is 5.14. The third-order valence-corrected chi connectivity index (χ3v) is 3.48. The third kappa shape index (κ3) is 1.84. The van der Waals surface area contributed by atoms with Crippen molar-refractivity contribution in [3.8, 4) is 23.0 Å². The molecule has 6 heteroatoms. The summed E-state index contributed by atoms with van der Waals surface area (Å²) in [7, 11) is 4.35. The van der Waals surface area contributed by atoms with Gasteiger partial charge in [-0.2, -0.15) is 0 Å². The minimum Gasteiger partial charge on any atom is -0.507 e. The fraction of sp³-hybridized carbons (Fsp3) is 0.188. The molecular weight excluding hydrogens is 288 g/mol. The predicted octanol–water partition coefficient (Wildman–Crippen LogP) is 2.68. The number of benzene rings is 2. The zero-order valence-corrected chi connectivity index (χ0v) is 12.3. The molecule has 0 saturated carbocycles. The Balaban J connectivity index is 2.60. The molecule has 0 fully saturated rings. The highest BCUT2D eigenvalue weighted by molar-refractivity contribution is 5.98. The van der Waals surface area contributed by atoms with E-state index in [9.17, 15) is 9.90 Å². The van der Waals surface area contributed by atoms with Gasteiger partial charge in [-0.1, -0.05) is 6.07 Å². The molecule has 0 saturated heterocycles. The monoisotopic (exact) mass is 302 g/mol. The average molecular weight is 302 g/mol. The molecule has 0 amide bonds. The number of para-hydroxylation sites is 1. The van der Waals surface area contributed by atoms with Crippen molar-refractivity contribution in [1.82, 2.24) is 0 Å². The van der Waals surface area contributed by atoms with Gasteiger partial charge in [-0.25, -0.2) is 0 Å². The molecule has 0 bridgehead atoms. The van der Waals surface area contributed by atoms with E-state index in [0.29, 0.717) is 11.1 Å². The van der Waals surface area contributed by atoms with Crippen molar-refractivity contribution in [3.63, 3.8) is 0 Å². The lowest BCUT2D eigenvalue weighted by molar-refractivity contribution is 0.350. The largest absolute Gasteiger partial charge is 0.507 e. The van der Waals surface area contributed by atoms with Gasteiger partial charge in [0.2, 0.25) is 11.2 Å². The van der Waals surface area contributed by atoms with Crippen LogP contribution in [0.3, 0.4) is 0 Å². The Morgan fingerprint density at radius 1 is 1.00 bits per heavy atom.